The second-order valence-electron chi connectivity index (χ2n) is 4.82. The van der Waals surface area contributed by atoms with Gasteiger partial charge in [0, 0.05) is 36.1 Å². The Morgan fingerprint density at radius 2 is 1.89 bits per heavy atom. The molecule has 2 aromatic rings. The molecular formula is C15H19N3. The molecule has 0 atom stereocenters. The predicted molar refractivity (Wildman–Crippen MR) is 74.2 cm³/mol. The Morgan fingerprint density at radius 1 is 1.17 bits per heavy atom. The highest BCUT2D eigenvalue weighted by molar-refractivity contribution is 5.55. The van der Waals surface area contributed by atoms with Crippen LogP contribution in [0.5, 0.6) is 0 Å². The van der Waals surface area contributed by atoms with E-state index in [9.17, 15) is 0 Å². The minimum Gasteiger partial charge on any atom is -0.310 e. The van der Waals surface area contributed by atoms with Gasteiger partial charge in [0.2, 0.25) is 0 Å². The monoisotopic (exact) mass is 241 g/mol. The van der Waals surface area contributed by atoms with Crippen molar-refractivity contribution in [2.45, 2.75) is 33.4 Å². The van der Waals surface area contributed by atoms with Crippen LogP contribution in [0.1, 0.15) is 25.0 Å². The maximum Gasteiger partial charge on any atom is 0.159 e. The zero-order chi connectivity index (χ0) is 13.0. The van der Waals surface area contributed by atoms with Crippen molar-refractivity contribution in [2.75, 3.05) is 0 Å². The summed E-state index contributed by atoms with van der Waals surface area (Å²) < 4.78 is 0. The minimum atomic E-state index is 0.474. The summed E-state index contributed by atoms with van der Waals surface area (Å²) in [7, 11) is 0. The number of nitrogens with zero attached hydrogens (tertiary/aromatic N) is 2. The largest absolute Gasteiger partial charge is 0.310 e. The van der Waals surface area contributed by atoms with Gasteiger partial charge in [0.05, 0.1) is 0 Å². The van der Waals surface area contributed by atoms with E-state index in [4.69, 9.17) is 0 Å². The average Bonchev–Trinajstić information content (AvgIpc) is 2.37. The van der Waals surface area contributed by atoms with Gasteiger partial charge in [0.25, 0.3) is 0 Å². The first-order chi connectivity index (χ1) is 8.65. The summed E-state index contributed by atoms with van der Waals surface area (Å²) in [6.45, 7) is 7.14. The molecule has 0 amide bonds. The van der Waals surface area contributed by atoms with Crippen molar-refractivity contribution < 1.29 is 0 Å². The highest BCUT2D eigenvalue weighted by atomic mass is 14.9. The Morgan fingerprint density at radius 3 is 2.50 bits per heavy atom. The molecule has 1 aromatic carbocycles. The van der Waals surface area contributed by atoms with Crippen molar-refractivity contribution in [3.63, 3.8) is 0 Å². The third-order valence-corrected chi connectivity index (χ3v) is 2.70. The molecule has 0 saturated heterocycles. The van der Waals surface area contributed by atoms with Crippen molar-refractivity contribution in [1.82, 2.24) is 15.3 Å². The van der Waals surface area contributed by atoms with E-state index in [0.717, 1.165) is 23.5 Å². The third-order valence-electron chi connectivity index (χ3n) is 2.70. The zero-order valence-electron chi connectivity index (χ0n) is 11.1. The van der Waals surface area contributed by atoms with Crippen molar-refractivity contribution in [1.29, 1.82) is 0 Å². The maximum atomic E-state index is 4.42. The Labute approximate surface area is 108 Å². The van der Waals surface area contributed by atoms with Crippen LogP contribution in [0.25, 0.3) is 11.4 Å². The fourth-order valence-corrected chi connectivity index (χ4v) is 1.70. The average molecular weight is 241 g/mol. The van der Waals surface area contributed by atoms with Gasteiger partial charge in [-0.2, -0.15) is 0 Å². The van der Waals surface area contributed by atoms with Crippen molar-refractivity contribution in [2.24, 2.45) is 0 Å². The predicted octanol–water partition coefficient (Wildman–Crippen LogP) is 2.95. The van der Waals surface area contributed by atoms with E-state index < -0.39 is 0 Å². The highest BCUT2D eigenvalue weighted by Gasteiger charge is 2.02. The minimum absolute atomic E-state index is 0.474. The molecule has 0 radical (unpaired) electrons. The smallest absolute Gasteiger partial charge is 0.159 e. The Kier molecular flexibility index (Phi) is 4.05. The van der Waals surface area contributed by atoms with Gasteiger partial charge in [0.1, 0.15) is 0 Å². The number of hydrogen-bond donors (Lipinski definition) is 1. The summed E-state index contributed by atoms with van der Waals surface area (Å²) in [5.74, 6) is 0.784. The molecule has 1 heterocycles. The standard InChI is InChI=1S/C15H19N3/c1-11(2)16-8-13-9-17-15(18-10-13)14-6-4-5-12(3)7-14/h4-7,9-11,16H,8H2,1-3H3. The first-order valence-corrected chi connectivity index (χ1v) is 6.26. The zero-order valence-corrected chi connectivity index (χ0v) is 11.1. The molecule has 0 aliphatic carbocycles. The molecule has 0 unspecified atom stereocenters. The molecule has 1 aromatic heterocycles. The van der Waals surface area contributed by atoms with Crippen LogP contribution in [0.4, 0.5) is 0 Å². The van der Waals surface area contributed by atoms with Crippen LogP contribution in [-0.4, -0.2) is 16.0 Å². The van der Waals surface area contributed by atoms with E-state index in [-0.39, 0.29) is 0 Å². The fraction of sp³-hybridized carbons (Fsp3) is 0.333. The van der Waals surface area contributed by atoms with Crippen molar-refractivity contribution in [3.8, 4) is 11.4 Å². The molecule has 18 heavy (non-hydrogen) atoms. The number of hydrogen-bond acceptors (Lipinski definition) is 3. The van der Waals surface area contributed by atoms with Crippen molar-refractivity contribution in [3.05, 3.63) is 47.8 Å². The fourth-order valence-electron chi connectivity index (χ4n) is 1.70. The lowest BCUT2D eigenvalue weighted by Crippen LogP contribution is -2.21. The van der Waals surface area contributed by atoms with Gasteiger partial charge in [0.15, 0.2) is 5.82 Å². The Hall–Kier alpha value is -1.74. The normalized spacial score (nSPS) is 10.9. The highest BCUT2D eigenvalue weighted by Crippen LogP contribution is 2.15. The summed E-state index contributed by atoms with van der Waals surface area (Å²) >= 11 is 0. The molecule has 1 N–H and O–H groups in total. The molecule has 94 valence electrons. The van der Waals surface area contributed by atoms with Crippen LogP contribution in [-0.2, 0) is 6.54 Å². The van der Waals surface area contributed by atoms with Crippen LogP contribution >= 0.6 is 0 Å². The molecular weight excluding hydrogens is 222 g/mol. The molecule has 0 saturated carbocycles. The van der Waals surface area contributed by atoms with Gasteiger partial charge in [-0.3, -0.25) is 0 Å². The number of aryl methyl sites for hydroxylation is 1. The topological polar surface area (TPSA) is 37.8 Å². The molecule has 3 heteroatoms. The third kappa shape index (κ3) is 3.37. The van der Waals surface area contributed by atoms with Gasteiger partial charge in [-0.05, 0) is 13.0 Å². The molecule has 0 aliphatic heterocycles. The second-order valence-corrected chi connectivity index (χ2v) is 4.82. The molecule has 0 fully saturated rings. The lowest BCUT2D eigenvalue weighted by Gasteiger charge is -2.08. The molecule has 0 bridgehead atoms. The quantitative estimate of drug-likeness (QED) is 0.894. The van der Waals surface area contributed by atoms with Gasteiger partial charge in [-0.15, -0.1) is 0 Å². The Balaban J connectivity index is 2.12. The summed E-state index contributed by atoms with van der Waals surface area (Å²) in [6, 6.07) is 8.71. The molecule has 0 aliphatic rings. The maximum absolute atomic E-state index is 4.42. The molecule has 3 nitrogen and oxygen atoms in total. The molecule has 0 spiro atoms. The van der Waals surface area contributed by atoms with Crippen LogP contribution in [0.15, 0.2) is 36.7 Å². The van der Waals surface area contributed by atoms with E-state index >= 15 is 0 Å². The lowest BCUT2D eigenvalue weighted by atomic mass is 10.1. The van der Waals surface area contributed by atoms with E-state index in [1.54, 1.807) is 0 Å². The lowest BCUT2D eigenvalue weighted by molar-refractivity contribution is 0.587. The van der Waals surface area contributed by atoms with E-state index in [2.05, 4.69) is 48.2 Å². The van der Waals surface area contributed by atoms with Crippen LogP contribution in [0.3, 0.4) is 0 Å². The van der Waals surface area contributed by atoms with Crippen LogP contribution < -0.4 is 5.32 Å². The number of nitrogens with one attached hydrogen (secondary N) is 1. The van der Waals surface area contributed by atoms with Gasteiger partial charge >= 0.3 is 0 Å². The first-order valence-electron chi connectivity index (χ1n) is 6.26. The van der Waals surface area contributed by atoms with Crippen LogP contribution in [0.2, 0.25) is 0 Å². The van der Waals surface area contributed by atoms with Crippen molar-refractivity contribution >= 4 is 0 Å². The summed E-state index contributed by atoms with van der Waals surface area (Å²) in [4.78, 5) is 8.83. The van der Waals surface area contributed by atoms with Gasteiger partial charge in [-0.1, -0.05) is 37.6 Å². The van der Waals surface area contributed by atoms with Crippen LogP contribution in [0, 0.1) is 6.92 Å². The van der Waals surface area contributed by atoms with E-state index in [1.807, 2.05) is 24.5 Å². The number of benzene rings is 1. The van der Waals surface area contributed by atoms with Gasteiger partial charge in [-0.25, -0.2) is 9.97 Å². The van der Waals surface area contributed by atoms with E-state index in [0.29, 0.717) is 6.04 Å². The Bertz CT molecular complexity index is 503. The summed E-state index contributed by atoms with van der Waals surface area (Å²) in [5, 5.41) is 3.35. The number of aromatic nitrogens is 2. The number of rotatable bonds is 4. The van der Waals surface area contributed by atoms with E-state index in [1.165, 1.54) is 5.56 Å². The first kappa shape index (κ1) is 12.7. The SMILES string of the molecule is Cc1cccc(-c2ncc(CNC(C)C)cn2)c1. The molecule has 2 rings (SSSR count). The summed E-state index contributed by atoms with van der Waals surface area (Å²) in [5.41, 5.74) is 3.40. The van der Waals surface area contributed by atoms with Gasteiger partial charge < -0.3 is 5.32 Å². The summed E-state index contributed by atoms with van der Waals surface area (Å²) in [6.07, 6.45) is 3.78. The second kappa shape index (κ2) is 5.74.